The normalized spacial score (nSPS) is 10.3. The number of anilines is 3. The molecular formula is C22H22N4O3. The molecule has 2 aromatic carbocycles. The largest absolute Gasteiger partial charge is 0.462 e. The molecule has 1 aromatic heterocycles. The fourth-order valence-electron chi connectivity index (χ4n) is 2.79. The summed E-state index contributed by atoms with van der Waals surface area (Å²) in [7, 11) is 0. The molecule has 3 rings (SSSR count). The first-order valence-corrected chi connectivity index (χ1v) is 9.21. The van der Waals surface area contributed by atoms with Gasteiger partial charge >= 0.3 is 5.97 Å². The van der Waals surface area contributed by atoms with Gasteiger partial charge in [-0.3, -0.25) is 4.79 Å². The number of para-hydroxylation sites is 1. The lowest BCUT2D eigenvalue weighted by Crippen LogP contribution is -2.14. The fourth-order valence-corrected chi connectivity index (χ4v) is 2.79. The smallest absolute Gasteiger partial charge is 0.338 e. The molecule has 29 heavy (non-hydrogen) atoms. The van der Waals surface area contributed by atoms with Gasteiger partial charge in [-0.25, -0.2) is 14.8 Å². The van der Waals surface area contributed by atoms with Crippen molar-refractivity contribution in [3.8, 4) is 0 Å². The van der Waals surface area contributed by atoms with Crippen LogP contribution in [0, 0.1) is 13.8 Å². The summed E-state index contributed by atoms with van der Waals surface area (Å²) >= 11 is 0. The molecule has 1 heterocycles. The van der Waals surface area contributed by atoms with Gasteiger partial charge in [0.25, 0.3) is 5.91 Å². The average Bonchev–Trinajstić information content (AvgIpc) is 2.72. The number of carbonyl (C=O) groups is 2. The van der Waals surface area contributed by atoms with Crippen molar-refractivity contribution in [3.63, 3.8) is 0 Å². The standard InChI is InChI=1S/C22H22N4O3/c1-4-29-22(28)16-8-10-17(11-9-16)25-21(27)18-12-19(24-13-23-18)26-20-14(2)6-5-7-15(20)3/h5-13H,4H2,1-3H3,(H,25,27)(H,23,24,26). The summed E-state index contributed by atoms with van der Waals surface area (Å²) in [6.07, 6.45) is 1.34. The van der Waals surface area contributed by atoms with Crippen LogP contribution in [0.25, 0.3) is 0 Å². The van der Waals surface area contributed by atoms with Crippen molar-refractivity contribution in [2.75, 3.05) is 17.2 Å². The van der Waals surface area contributed by atoms with Gasteiger partial charge in [-0.15, -0.1) is 0 Å². The van der Waals surface area contributed by atoms with Crippen LogP contribution in [0.1, 0.15) is 38.9 Å². The second-order valence-corrected chi connectivity index (χ2v) is 6.43. The molecular weight excluding hydrogens is 368 g/mol. The number of aryl methyl sites for hydroxylation is 2. The Morgan fingerprint density at radius 2 is 1.69 bits per heavy atom. The number of nitrogens with zero attached hydrogens (tertiary/aromatic N) is 2. The highest BCUT2D eigenvalue weighted by atomic mass is 16.5. The number of amides is 1. The second kappa shape index (κ2) is 8.97. The predicted molar refractivity (Wildman–Crippen MR) is 112 cm³/mol. The zero-order valence-electron chi connectivity index (χ0n) is 16.5. The average molecular weight is 390 g/mol. The third-order valence-electron chi connectivity index (χ3n) is 4.29. The molecule has 0 unspecified atom stereocenters. The number of rotatable bonds is 6. The van der Waals surface area contributed by atoms with Crippen LogP contribution in [-0.4, -0.2) is 28.5 Å². The Labute approximate surface area is 169 Å². The summed E-state index contributed by atoms with van der Waals surface area (Å²) in [5.74, 6) is -0.246. The van der Waals surface area contributed by atoms with Gasteiger partial charge in [-0.2, -0.15) is 0 Å². The van der Waals surface area contributed by atoms with Crippen LogP contribution in [0.5, 0.6) is 0 Å². The van der Waals surface area contributed by atoms with E-state index >= 15 is 0 Å². The summed E-state index contributed by atoms with van der Waals surface area (Å²) in [4.78, 5) is 32.5. The first kappa shape index (κ1) is 20.0. The third kappa shape index (κ3) is 4.95. The minimum atomic E-state index is -0.400. The molecule has 0 radical (unpaired) electrons. The van der Waals surface area contributed by atoms with Gasteiger partial charge < -0.3 is 15.4 Å². The van der Waals surface area contributed by atoms with E-state index in [1.807, 2.05) is 32.0 Å². The number of esters is 1. The summed E-state index contributed by atoms with van der Waals surface area (Å²) < 4.78 is 4.95. The van der Waals surface area contributed by atoms with Crippen molar-refractivity contribution in [1.82, 2.24) is 9.97 Å². The van der Waals surface area contributed by atoms with Crippen LogP contribution in [-0.2, 0) is 4.74 Å². The Kier molecular flexibility index (Phi) is 6.19. The van der Waals surface area contributed by atoms with Crippen molar-refractivity contribution in [2.45, 2.75) is 20.8 Å². The van der Waals surface area contributed by atoms with Crippen LogP contribution < -0.4 is 10.6 Å². The lowest BCUT2D eigenvalue weighted by Gasteiger charge is -2.12. The van der Waals surface area contributed by atoms with E-state index in [4.69, 9.17) is 4.74 Å². The van der Waals surface area contributed by atoms with Gasteiger partial charge in [0, 0.05) is 17.4 Å². The SMILES string of the molecule is CCOC(=O)c1ccc(NC(=O)c2cc(Nc3c(C)cccc3C)ncn2)cc1. The van der Waals surface area contributed by atoms with E-state index in [0.29, 0.717) is 23.7 Å². The van der Waals surface area contributed by atoms with Crippen molar-refractivity contribution in [1.29, 1.82) is 0 Å². The van der Waals surface area contributed by atoms with Crippen molar-refractivity contribution in [2.24, 2.45) is 0 Å². The molecule has 0 saturated heterocycles. The summed E-state index contributed by atoms with van der Waals surface area (Å²) in [5.41, 5.74) is 4.31. The number of hydrogen-bond acceptors (Lipinski definition) is 6. The highest BCUT2D eigenvalue weighted by Gasteiger charge is 2.12. The molecule has 0 fully saturated rings. The molecule has 7 nitrogen and oxygen atoms in total. The Morgan fingerprint density at radius 1 is 1.00 bits per heavy atom. The second-order valence-electron chi connectivity index (χ2n) is 6.43. The molecule has 0 atom stereocenters. The zero-order valence-corrected chi connectivity index (χ0v) is 16.5. The van der Waals surface area contributed by atoms with Crippen molar-refractivity contribution < 1.29 is 14.3 Å². The monoisotopic (exact) mass is 390 g/mol. The van der Waals surface area contributed by atoms with E-state index in [-0.39, 0.29) is 11.6 Å². The van der Waals surface area contributed by atoms with E-state index in [1.165, 1.54) is 6.33 Å². The van der Waals surface area contributed by atoms with E-state index in [9.17, 15) is 9.59 Å². The molecule has 0 bridgehead atoms. The first-order chi connectivity index (χ1) is 14.0. The van der Waals surface area contributed by atoms with Crippen LogP contribution in [0.3, 0.4) is 0 Å². The Morgan fingerprint density at radius 3 is 2.34 bits per heavy atom. The number of ether oxygens (including phenoxy) is 1. The van der Waals surface area contributed by atoms with E-state index < -0.39 is 5.97 Å². The van der Waals surface area contributed by atoms with Gasteiger partial charge in [-0.1, -0.05) is 18.2 Å². The zero-order chi connectivity index (χ0) is 20.8. The molecule has 0 aliphatic heterocycles. The quantitative estimate of drug-likeness (QED) is 0.611. The highest BCUT2D eigenvalue weighted by molar-refractivity contribution is 6.03. The Hall–Kier alpha value is -3.74. The molecule has 0 saturated carbocycles. The molecule has 3 aromatic rings. The van der Waals surface area contributed by atoms with Gasteiger partial charge in [0.05, 0.1) is 12.2 Å². The minimum Gasteiger partial charge on any atom is -0.462 e. The lowest BCUT2D eigenvalue weighted by molar-refractivity contribution is 0.0526. The van der Waals surface area contributed by atoms with Crippen molar-refractivity contribution in [3.05, 3.63) is 77.2 Å². The lowest BCUT2D eigenvalue weighted by atomic mass is 10.1. The molecule has 1 amide bonds. The molecule has 148 valence electrons. The first-order valence-electron chi connectivity index (χ1n) is 9.21. The number of hydrogen-bond donors (Lipinski definition) is 2. The van der Waals surface area contributed by atoms with Gasteiger partial charge in [-0.05, 0) is 56.2 Å². The minimum absolute atomic E-state index is 0.225. The van der Waals surface area contributed by atoms with E-state index in [0.717, 1.165) is 16.8 Å². The number of aromatic nitrogens is 2. The van der Waals surface area contributed by atoms with Crippen molar-refractivity contribution >= 4 is 29.1 Å². The molecule has 0 spiro atoms. The van der Waals surface area contributed by atoms with Crippen LogP contribution in [0.2, 0.25) is 0 Å². The summed E-state index contributed by atoms with van der Waals surface area (Å²) in [6.45, 7) is 6.06. The van der Waals surface area contributed by atoms with Gasteiger partial charge in [0.15, 0.2) is 0 Å². The van der Waals surface area contributed by atoms with Gasteiger partial charge in [0.1, 0.15) is 17.8 Å². The van der Waals surface area contributed by atoms with Gasteiger partial charge in [0.2, 0.25) is 0 Å². The molecule has 0 aliphatic rings. The summed E-state index contributed by atoms with van der Waals surface area (Å²) in [6, 6.07) is 14.1. The maximum atomic E-state index is 12.6. The maximum absolute atomic E-state index is 12.6. The molecule has 2 N–H and O–H groups in total. The molecule has 0 aliphatic carbocycles. The highest BCUT2D eigenvalue weighted by Crippen LogP contribution is 2.23. The Balaban J connectivity index is 1.72. The van der Waals surface area contributed by atoms with E-state index in [2.05, 4.69) is 20.6 Å². The van der Waals surface area contributed by atoms with E-state index in [1.54, 1.807) is 37.3 Å². The molecule has 7 heteroatoms. The maximum Gasteiger partial charge on any atom is 0.338 e. The topological polar surface area (TPSA) is 93.2 Å². The third-order valence-corrected chi connectivity index (χ3v) is 4.29. The summed E-state index contributed by atoms with van der Waals surface area (Å²) in [5, 5.41) is 6.01. The number of nitrogens with one attached hydrogen (secondary N) is 2. The van der Waals surface area contributed by atoms with Crippen LogP contribution in [0.4, 0.5) is 17.2 Å². The Bertz CT molecular complexity index is 1010. The predicted octanol–water partition coefficient (Wildman–Crippen LogP) is 4.27. The number of carbonyl (C=O) groups excluding carboxylic acids is 2. The fraction of sp³-hybridized carbons (Fsp3) is 0.182. The van der Waals surface area contributed by atoms with Crippen LogP contribution >= 0.6 is 0 Å². The number of benzene rings is 2. The van der Waals surface area contributed by atoms with Crippen LogP contribution in [0.15, 0.2) is 54.9 Å².